The zero-order chi connectivity index (χ0) is 15.0. The van der Waals surface area contributed by atoms with Gasteiger partial charge in [-0.2, -0.15) is 0 Å². The standard InChI is InChI=1S/C17H28N2O/c1-4-5-9-12-19(14(2)3)17(20)16(18)13-15-10-7-6-8-11-15/h6-8,10-11,14,16H,4-5,9,12-13,18H2,1-3H3/t16-/m1/s1. The lowest BCUT2D eigenvalue weighted by Gasteiger charge is -2.29. The van der Waals surface area contributed by atoms with E-state index in [1.165, 1.54) is 0 Å². The Balaban J connectivity index is 2.59. The molecule has 0 fully saturated rings. The first-order valence-electron chi connectivity index (χ1n) is 7.66. The number of rotatable bonds is 8. The molecule has 0 saturated heterocycles. The molecule has 0 aliphatic heterocycles. The van der Waals surface area contributed by atoms with Crippen molar-refractivity contribution in [2.24, 2.45) is 5.73 Å². The van der Waals surface area contributed by atoms with Crippen molar-refractivity contribution in [2.75, 3.05) is 6.54 Å². The zero-order valence-corrected chi connectivity index (χ0v) is 13.0. The lowest BCUT2D eigenvalue weighted by molar-refractivity contribution is -0.134. The summed E-state index contributed by atoms with van der Waals surface area (Å²) >= 11 is 0. The van der Waals surface area contributed by atoms with E-state index >= 15 is 0 Å². The number of benzene rings is 1. The minimum atomic E-state index is -0.443. The maximum Gasteiger partial charge on any atom is 0.240 e. The molecule has 1 amide bonds. The van der Waals surface area contributed by atoms with E-state index in [1.54, 1.807) is 0 Å². The molecule has 1 aromatic rings. The van der Waals surface area contributed by atoms with Crippen LogP contribution in [0.3, 0.4) is 0 Å². The third-order valence-corrected chi connectivity index (χ3v) is 3.52. The fourth-order valence-corrected chi connectivity index (χ4v) is 2.32. The highest BCUT2D eigenvalue weighted by atomic mass is 16.2. The summed E-state index contributed by atoms with van der Waals surface area (Å²) in [6.07, 6.45) is 3.98. The van der Waals surface area contributed by atoms with Gasteiger partial charge in [0.2, 0.25) is 5.91 Å². The van der Waals surface area contributed by atoms with Crippen molar-refractivity contribution in [1.82, 2.24) is 4.90 Å². The highest BCUT2D eigenvalue weighted by Crippen LogP contribution is 2.09. The van der Waals surface area contributed by atoms with Crippen molar-refractivity contribution in [1.29, 1.82) is 0 Å². The molecular weight excluding hydrogens is 248 g/mol. The summed E-state index contributed by atoms with van der Waals surface area (Å²) in [5, 5.41) is 0. The number of carbonyl (C=O) groups excluding carboxylic acids is 1. The smallest absolute Gasteiger partial charge is 0.240 e. The Morgan fingerprint density at radius 2 is 1.85 bits per heavy atom. The second-order valence-electron chi connectivity index (χ2n) is 5.63. The molecule has 1 rings (SSSR count). The van der Waals surface area contributed by atoms with E-state index in [0.29, 0.717) is 6.42 Å². The van der Waals surface area contributed by atoms with Gasteiger partial charge < -0.3 is 10.6 Å². The molecule has 0 unspecified atom stereocenters. The number of hydrogen-bond acceptors (Lipinski definition) is 2. The van der Waals surface area contributed by atoms with Crippen LogP contribution >= 0.6 is 0 Å². The van der Waals surface area contributed by atoms with Gasteiger partial charge in [0.05, 0.1) is 6.04 Å². The van der Waals surface area contributed by atoms with Gasteiger partial charge >= 0.3 is 0 Å². The lowest BCUT2D eigenvalue weighted by atomic mass is 10.0. The molecule has 0 aromatic heterocycles. The second-order valence-corrected chi connectivity index (χ2v) is 5.63. The van der Waals surface area contributed by atoms with Gasteiger partial charge in [0, 0.05) is 12.6 Å². The average molecular weight is 276 g/mol. The fraction of sp³-hybridized carbons (Fsp3) is 0.588. The molecule has 0 saturated carbocycles. The van der Waals surface area contributed by atoms with Gasteiger partial charge in [-0.3, -0.25) is 4.79 Å². The van der Waals surface area contributed by atoms with E-state index in [4.69, 9.17) is 5.73 Å². The Morgan fingerprint density at radius 1 is 1.20 bits per heavy atom. The number of nitrogens with two attached hydrogens (primary N) is 1. The number of nitrogens with zero attached hydrogens (tertiary/aromatic N) is 1. The molecule has 0 heterocycles. The Kier molecular flexibility index (Phi) is 7.31. The van der Waals surface area contributed by atoms with Crippen molar-refractivity contribution >= 4 is 5.91 Å². The molecule has 20 heavy (non-hydrogen) atoms. The van der Waals surface area contributed by atoms with Crippen LogP contribution in [-0.2, 0) is 11.2 Å². The number of unbranched alkanes of at least 4 members (excludes halogenated alkanes) is 2. The Labute approximate surface area is 123 Å². The first-order valence-corrected chi connectivity index (χ1v) is 7.66. The van der Waals surface area contributed by atoms with Gasteiger partial charge in [0.25, 0.3) is 0 Å². The van der Waals surface area contributed by atoms with Crippen LogP contribution in [0, 0.1) is 0 Å². The Hall–Kier alpha value is -1.35. The molecule has 112 valence electrons. The number of amides is 1. The van der Waals surface area contributed by atoms with Crippen molar-refractivity contribution in [3.05, 3.63) is 35.9 Å². The van der Waals surface area contributed by atoms with Crippen molar-refractivity contribution in [3.8, 4) is 0 Å². The van der Waals surface area contributed by atoms with Gasteiger partial charge in [-0.15, -0.1) is 0 Å². The fourth-order valence-electron chi connectivity index (χ4n) is 2.32. The van der Waals surface area contributed by atoms with Crippen LogP contribution in [0.2, 0.25) is 0 Å². The van der Waals surface area contributed by atoms with Gasteiger partial charge in [-0.25, -0.2) is 0 Å². The average Bonchev–Trinajstić information content (AvgIpc) is 2.43. The SMILES string of the molecule is CCCCCN(C(=O)[C@H](N)Cc1ccccc1)C(C)C. The Morgan fingerprint density at radius 3 is 2.40 bits per heavy atom. The number of hydrogen-bond donors (Lipinski definition) is 1. The Bertz CT molecular complexity index is 389. The van der Waals surface area contributed by atoms with Crippen molar-refractivity contribution in [2.45, 2.75) is 58.5 Å². The molecule has 3 nitrogen and oxygen atoms in total. The van der Waals surface area contributed by atoms with E-state index in [9.17, 15) is 4.79 Å². The molecule has 0 spiro atoms. The van der Waals surface area contributed by atoms with E-state index in [-0.39, 0.29) is 11.9 Å². The highest BCUT2D eigenvalue weighted by molar-refractivity contribution is 5.82. The third-order valence-electron chi connectivity index (χ3n) is 3.52. The third kappa shape index (κ3) is 5.33. The summed E-state index contributed by atoms with van der Waals surface area (Å²) in [5.74, 6) is 0.0694. The van der Waals surface area contributed by atoms with Gasteiger partial charge in [0.15, 0.2) is 0 Å². The summed E-state index contributed by atoms with van der Waals surface area (Å²) in [5.41, 5.74) is 7.22. The predicted molar refractivity (Wildman–Crippen MR) is 84.5 cm³/mol. The van der Waals surface area contributed by atoms with E-state index in [2.05, 4.69) is 20.8 Å². The summed E-state index contributed by atoms with van der Waals surface area (Å²) in [6.45, 7) is 7.09. The molecule has 1 atom stereocenters. The molecule has 1 aromatic carbocycles. The molecule has 0 radical (unpaired) electrons. The van der Waals surface area contributed by atoms with Crippen LogP contribution in [0.5, 0.6) is 0 Å². The van der Waals surface area contributed by atoms with Gasteiger partial charge in [-0.1, -0.05) is 50.1 Å². The molecule has 0 aliphatic rings. The summed E-state index contributed by atoms with van der Waals surface area (Å²) in [4.78, 5) is 14.4. The van der Waals surface area contributed by atoms with E-state index in [0.717, 1.165) is 31.4 Å². The minimum absolute atomic E-state index is 0.0694. The molecular formula is C17H28N2O. The summed E-state index contributed by atoms with van der Waals surface area (Å²) in [7, 11) is 0. The van der Waals surface area contributed by atoms with Crippen LogP contribution < -0.4 is 5.73 Å². The normalized spacial score (nSPS) is 12.4. The van der Waals surface area contributed by atoms with Crippen LogP contribution in [-0.4, -0.2) is 29.4 Å². The molecule has 0 bridgehead atoms. The summed E-state index contributed by atoms with van der Waals surface area (Å²) < 4.78 is 0. The quantitative estimate of drug-likeness (QED) is 0.742. The second kappa shape index (κ2) is 8.75. The largest absolute Gasteiger partial charge is 0.339 e. The first kappa shape index (κ1) is 16.7. The lowest BCUT2D eigenvalue weighted by Crippen LogP contribution is -2.48. The topological polar surface area (TPSA) is 46.3 Å². The van der Waals surface area contributed by atoms with Crippen LogP contribution in [0.25, 0.3) is 0 Å². The maximum atomic E-state index is 12.5. The van der Waals surface area contributed by atoms with Crippen molar-refractivity contribution < 1.29 is 4.79 Å². The molecule has 3 heteroatoms. The highest BCUT2D eigenvalue weighted by Gasteiger charge is 2.22. The van der Waals surface area contributed by atoms with Crippen molar-refractivity contribution in [3.63, 3.8) is 0 Å². The zero-order valence-electron chi connectivity index (χ0n) is 13.0. The van der Waals surface area contributed by atoms with Gasteiger partial charge in [-0.05, 0) is 32.3 Å². The first-order chi connectivity index (χ1) is 9.56. The molecule has 0 aliphatic carbocycles. The van der Waals surface area contributed by atoms with E-state index in [1.807, 2.05) is 35.2 Å². The predicted octanol–water partition coefficient (Wildman–Crippen LogP) is 2.98. The van der Waals surface area contributed by atoms with Crippen LogP contribution in [0.15, 0.2) is 30.3 Å². The van der Waals surface area contributed by atoms with E-state index < -0.39 is 6.04 Å². The maximum absolute atomic E-state index is 12.5. The van der Waals surface area contributed by atoms with Crippen LogP contribution in [0.4, 0.5) is 0 Å². The summed E-state index contributed by atoms with van der Waals surface area (Å²) in [6, 6.07) is 9.74. The number of carbonyl (C=O) groups is 1. The minimum Gasteiger partial charge on any atom is -0.339 e. The molecule has 2 N–H and O–H groups in total. The monoisotopic (exact) mass is 276 g/mol. The van der Waals surface area contributed by atoms with Gasteiger partial charge in [0.1, 0.15) is 0 Å². The van der Waals surface area contributed by atoms with Crippen LogP contribution in [0.1, 0.15) is 45.6 Å².